The van der Waals surface area contributed by atoms with Crippen LogP contribution in [0.5, 0.6) is 0 Å². The molecule has 3 unspecified atom stereocenters. The molecule has 1 fully saturated rings. The van der Waals surface area contributed by atoms with Crippen LogP contribution in [0.3, 0.4) is 0 Å². The summed E-state index contributed by atoms with van der Waals surface area (Å²) in [6.07, 6.45) is 0.733. The molecule has 1 aliphatic rings. The maximum Gasteiger partial charge on any atom is 0.315 e. The van der Waals surface area contributed by atoms with Crippen LogP contribution in [0.25, 0.3) is 11.2 Å². The van der Waals surface area contributed by atoms with Gasteiger partial charge in [-0.05, 0) is 24.7 Å². The number of amides is 2. The number of nitrogens with zero attached hydrogens (tertiary/aromatic N) is 5. The number of aliphatic hydroxyl groups is 2. The summed E-state index contributed by atoms with van der Waals surface area (Å²) >= 11 is 5.86. The van der Waals surface area contributed by atoms with Gasteiger partial charge >= 0.3 is 6.03 Å². The third-order valence-corrected chi connectivity index (χ3v) is 6.00. The van der Waals surface area contributed by atoms with Crippen molar-refractivity contribution >= 4 is 34.6 Å². The van der Waals surface area contributed by atoms with Gasteiger partial charge in [0.05, 0.1) is 12.9 Å². The fourth-order valence-electron chi connectivity index (χ4n) is 3.81. The van der Waals surface area contributed by atoms with E-state index in [0.717, 1.165) is 5.56 Å². The summed E-state index contributed by atoms with van der Waals surface area (Å²) in [6.45, 7) is 1.48. The van der Waals surface area contributed by atoms with Crippen molar-refractivity contribution in [3.05, 3.63) is 47.5 Å². The number of carbonyl (C=O) groups excluding carboxylic acids is 1. The van der Waals surface area contributed by atoms with Crippen LogP contribution in [-0.4, -0.2) is 86.2 Å². The summed E-state index contributed by atoms with van der Waals surface area (Å²) in [4.78, 5) is 26.1. The topological polar surface area (TPSA) is 164 Å². The minimum absolute atomic E-state index is 0.145. The molecular weight excluding hydrogens is 464 g/mol. The molecule has 182 valence electrons. The maximum atomic E-state index is 12.0. The number of carbonyl (C=O) groups is 1. The second-order valence-corrected chi connectivity index (χ2v) is 8.65. The van der Waals surface area contributed by atoms with E-state index in [4.69, 9.17) is 22.1 Å². The average molecular weight is 491 g/mol. The highest BCUT2D eigenvalue weighted by molar-refractivity contribution is 6.30. The lowest BCUT2D eigenvalue weighted by molar-refractivity contribution is -0.108. The molecule has 1 saturated heterocycles. The Kier molecular flexibility index (Phi) is 7.14. The zero-order valence-electron chi connectivity index (χ0n) is 18.6. The maximum absolute atomic E-state index is 12.0. The molecule has 0 spiro atoms. The van der Waals surface area contributed by atoms with E-state index in [2.05, 4.69) is 25.6 Å². The number of aliphatic hydroxyl groups excluding tert-OH is 1. The summed E-state index contributed by atoms with van der Waals surface area (Å²) in [5, 5.41) is 28.2. The second-order valence-electron chi connectivity index (χ2n) is 8.22. The van der Waals surface area contributed by atoms with E-state index < -0.39 is 17.9 Å². The number of ether oxygens (including phenoxy) is 1. The quantitative estimate of drug-likeness (QED) is 0.290. The third-order valence-electron chi connectivity index (χ3n) is 5.75. The molecule has 12 nitrogen and oxygen atoms in total. The van der Waals surface area contributed by atoms with Gasteiger partial charge in [-0.1, -0.05) is 23.7 Å². The Morgan fingerprint density at radius 1 is 1.32 bits per heavy atom. The van der Waals surface area contributed by atoms with Crippen LogP contribution in [-0.2, 0) is 17.0 Å². The molecule has 2 amide bonds. The molecule has 0 saturated carbocycles. The van der Waals surface area contributed by atoms with Crippen LogP contribution >= 0.6 is 11.6 Å². The standard InChI is InChI=1S/C21H27ClN8O4/c1-29(7-6-24-20(32)25-8-13-2-4-14(22)5-3-13)9-15-17(31)21(33,10-34-15)30-12-28-16-18(23)26-11-27-19(16)30/h2-5,11-12,15,17,31,33H,6-10H2,1H3,(H2,23,26,27)(H2,24,25,32). The molecule has 0 bridgehead atoms. The van der Waals surface area contributed by atoms with Gasteiger partial charge in [0.1, 0.15) is 24.1 Å². The number of urea groups is 1. The van der Waals surface area contributed by atoms with Gasteiger partial charge in [0.15, 0.2) is 17.2 Å². The zero-order chi connectivity index (χ0) is 24.3. The van der Waals surface area contributed by atoms with Crippen LogP contribution in [0, 0.1) is 0 Å². The normalized spacial score (nSPS) is 22.4. The number of aromatic nitrogens is 4. The molecule has 3 heterocycles. The lowest BCUT2D eigenvalue weighted by Crippen LogP contribution is -2.49. The van der Waals surface area contributed by atoms with Crippen molar-refractivity contribution in [1.82, 2.24) is 35.1 Å². The lowest BCUT2D eigenvalue weighted by Gasteiger charge is -2.29. The molecule has 6 N–H and O–H groups in total. The smallest absolute Gasteiger partial charge is 0.315 e. The van der Waals surface area contributed by atoms with Crippen molar-refractivity contribution in [3.63, 3.8) is 0 Å². The molecule has 2 aromatic heterocycles. The molecular formula is C21H27ClN8O4. The highest BCUT2D eigenvalue weighted by atomic mass is 35.5. The Bertz CT molecular complexity index is 1140. The number of imidazole rings is 1. The number of likely N-dealkylation sites (N-methyl/N-ethyl adjacent to an activating group) is 1. The first-order chi connectivity index (χ1) is 16.3. The highest BCUT2D eigenvalue weighted by Crippen LogP contribution is 2.32. The Morgan fingerprint density at radius 2 is 2.09 bits per heavy atom. The van der Waals surface area contributed by atoms with Gasteiger partial charge in [0.25, 0.3) is 0 Å². The summed E-state index contributed by atoms with van der Waals surface area (Å²) in [6, 6.07) is 6.94. The third kappa shape index (κ3) is 5.05. The summed E-state index contributed by atoms with van der Waals surface area (Å²) in [7, 11) is 1.83. The number of nitrogens with one attached hydrogen (secondary N) is 2. The number of nitrogen functional groups attached to an aromatic ring is 1. The van der Waals surface area contributed by atoms with Crippen molar-refractivity contribution in [3.8, 4) is 0 Å². The van der Waals surface area contributed by atoms with Crippen LogP contribution in [0.4, 0.5) is 10.6 Å². The molecule has 0 radical (unpaired) electrons. The number of benzene rings is 1. The van der Waals surface area contributed by atoms with E-state index in [1.807, 2.05) is 24.1 Å². The minimum Gasteiger partial charge on any atom is -0.385 e. The Labute approximate surface area is 200 Å². The number of nitrogens with two attached hydrogens (primary N) is 1. The predicted molar refractivity (Wildman–Crippen MR) is 125 cm³/mol. The number of hydrogen-bond donors (Lipinski definition) is 5. The summed E-state index contributed by atoms with van der Waals surface area (Å²) < 4.78 is 7.06. The minimum atomic E-state index is -1.75. The van der Waals surface area contributed by atoms with Gasteiger partial charge in [0, 0.05) is 31.2 Å². The van der Waals surface area contributed by atoms with Crippen LogP contribution in [0.15, 0.2) is 36.9 Å². The molecule has 3 atom stereocenters. The fraction of sp³-hybridized carbons (Fsp3) is 0.429. The van der Waals surface area contributed by atoms with Gasteiger partial charge in [-0.25, -0.2) is 19.7 Å². The van der Waals surface area contributed by atoms with Crippen molar-refractivity contribution in [2.75, 3.05) is 39.0 Å². The van der Waals surface area contributed by atoms with Gasteiger partial charge in [0.2, 0.25) is 0 Å². The molecule has 34 heavy (non-hydrogen) atoms. The van der Waals surface area contributed by atoms with Crippen LogP contribution in [0.1, 0.15) is 5.56 Å². The predicted octanol–water partition coefficient (Wildman–Crippen LogP) is -0.102. The first kappa shape index (κ1) is 24.1. The van der Waals surface area contributed by atoms with E-state index in [1.165, 1.54) is 17.2 Å². The molecule has 4 rings (SSSR count). The average Bonchev–Trinajstić information content (AvgIpc) is 3.37. The summed E-state index contributed by atoms with van der Waals surface area (Å²) in [5.74, 6) is 0.182. The molecule has 1 aliphatic heterocycles. The number of fused-ring (bicyclic) bond motifs is 1. The van der Waals surface area contributed by atoms with Crippen LogP contribution < -0.4 is 16.4 Å². The van der Waals surface area contributed by atoms with Gasteiger partial charge < -0.3 is 36.2 Å². The van der Waals surface area contributed by atoms with Crippen molar-refractivity contribution in [2.24, 2.45) is 0 Å². The largest absolute Gasteiger partial charge is 0.385 e. The lowest BCUT2D eigenvalue weighted by atomic mass is 10.0. The van der Waals surface area contributed by atoms with Crippen LogP contribution in [0.2, 0.25) is 5.02 Å². The Balaban J connectivity index is 1.25. The van der Waals surface area contributed by atoms with Crippen molar-refractivity contribution < 1.29 is 19.7 Å². The Hall–Kier alpha value is -3.03. The van der Waals surface area contributed by atoms with E-state index in [0.29, 0.717) is 42.4 Å². The van der Waals surface area contributed by atoms with E-state index >= 15 is 0 Å². The number of rotatable bonds is 8. The van der Waals surface area contributed by atoms with E-state index in [9.17, 15) is 15.0 Å². The number of halogens is 1. The number of hydrogen-bond acceptors (Lipinski definition) is 9. The Morgan fingerprint density at radius 3 is 2.85 bits per heavy atom. The van der Waals surface area contributed by atoms with Gasteiger partial charge in [-0.15, -0.1) is 0 Å². The SMILES string of the molecule is CN(CCNC(=O)NCc1ccc(Cl)cc1)CC1OCC(O)(n2cnc3c(N)ncnc32)C1O. The molecule has 3 aromatic rings. The van der Waals surface area contributed by atoms with E-state index in [-0.39, 0.29) is 18.5 Å². The number of anilines is 1. The summed E-state index contributed by atoms with van der Waals surface area (Å²) in [5.41, 5.74) is 5.65. The van der Waals surface area contributed by atoms with Crippen molar-refractivity contribution in [1.29, 1.82) is 0 Å². The van der Waals surface area contributed by atoms with Crippen molar-refractivity contribution in [2.45, 2.75) is 24.5 Å². The van der Waals surface area contributed by atoms with Gasteiger partial charge in [-0.2, -0.15) is 0 Å². The fourth-order valence-corrected chi connectivity index (χ4v) is 3.94. The first-order valence-electron chi connectivity index (χ1n) is 10.7. The molecule has 0 aliphatic carbocycles. The monoisotopic (exact) mass is 490 g/mol. The second kappa shape index (κ2) is 10.1. The highest BCUT2D eigenvalue weighted by Gasteiger charge is 2.50. The van der Waals surface area contributed by atoms with E-state index in [1.54, 1.807) is 12.1 Å². The molecule has 13 heteroatoms. The first-order valence-corrected chi connectivity index (χ1v) is 11.1. The molecule has 1 aromatic carbocycles. The zero-order valence-corrected chi connectivity index (χ0v) is 19.3. The van der Waals surface area contributed by atoms with Gasteiger partial charge in [-0.3, -0.25) is 4.57 Å².